The van der Waals surface area contributed by atoms with E-state index in [9.17, 15) is 4.79 Å². The minimum atomic E-state index is -0.00134. The van der Waals surface area contributed by atoms with Gasteiger partial charge in [-0.05, 0) is 19.8 Å². The van der Waals surface area contributed by atoms with Gasteiger partial charge in [0.25, 0.3) is 0 Å². The quantitative estimate of drug-likeness (QED) is 0.411. The van der Waals surface area contributed by atoms with E-state index in [1.807, 2.05) is 6.92 Å². The maximum atomic E-state index is 11.5. The van der Waals surface area contributed by atoms with Crippen molar-refractivity contribution in [2.24, 2.45) is 5.92 Å². The maximum Gasteiger partial charge on any atom is 0.308 e. The summed E-state index contributed by atoms with van der Waals surface area (Å²) in [6.07, 6.45) is 9.63. The van der Waals surface area contributed by atoms with Crippen molar-refractivity contribution in [1.82, 2.24) is 0 Å². The molecule has 0 N–H and O–H groups in total. The molecular formula is C14H28O2. The fourth-order valence-electron chi connectivity index (χ4n) is 1.92. The number of rotatable bonds is 10. The normalized spacial score (nSPS) is 12.4. The van der Waals surface area contributed by atoms with Crippen LogP contribution >= 0.6 is 0 Å². The first kappa shape index (κ1) is 15.5. The lowest BCUT2D eigenvalue weighted by Gasteiger charge is -2.12. The van der Waals surface area contributed by atoms with E-state index in [4.69, 9.17) is 4.74 Å². The largest absolute Gasteiger partial charge is 0.466 e. The Bertz CT molecular complexity index is 166. The first-order valence-electron chi connectivity index (χ1n) is 6.92. The Hall–Kier alpha value is -0.530. The van der Waals surface area contributed by atoms with E-state index in [1.54, 1.807) is 0 Å². The second-order valence-electron chi connectivity index (χ2n) is 4.41. The molecule has 1 atom stereocenters. The van der Waals surface area contributed by atoms with Crippen molar-refractivity contribution >= 4 is 5.97 Å². The van der Waals surface area contributed by atoms with E-state index in [1.165, 1.54) is 38.5 Å². The second-order valence-corrected chi connectivity index (χ2v) is 4.41. The minimum absolute atomic E-state index is 0.00134. The predicted molar refractivity (Wildman–Crippen MR) is 68.4 cm³/mol. The Morgan fingerprint density at radius 2 is 1.62 bits per heavy atom. The van der Waals surface area contributed by atoms with Crippen molar-refractivity contribution in [3.05, 3.63) is 0 Å². The summed E-state index contributed by atoms with van der Waals surface area (Å²) in [6, 6.07) is 0. The zero-order valence-corrected chi connectivity index (χ0v) is 11.3. The van der Waals surface area contributed by atoms with Crippen molar-refractivity contribution < 1.29 is 9.53 Å². The number of carbonyl (C=O) groups excluding carboxylic acids is 1. The smallest absolute Gasteiger partial charge is 0.308 e. The van der Waals surface area contributed by atoms with Gasteiger partial charge >= 0.3 is 5.97 Å². The Labute approximate surface area is 101 Å². The van der Waals surface area contributed by atoms with Gasteiger partial charge in [0.1, 0.15) is 0 Å². The molecule has 0 saturated carbocycles. The van der Waals surface area contributed by atoms with Gasteiger partial charge in [-0.25, -0.2) is 0 Å². The molecule has 0 aliphatic carbocycles. The highest BCUT2D eigenvalue weighted by Crippen LogP contribution is 2.16. The molecule has 1 unspecified atom stereocenters. The lowest BCUT2D eigenvalue weighted by molar-refractivity contribution is -0.148. The molecule has 0 aliphatic heterocycles. The molecule has 2 heteroatoms. The number of hydrogen-bond donors (Lipinski definition) is 0. The summed E-state index contributed by atoms with van der Waals surface area (Å²) in [6.45, 7) is 6.67. The monoisotopic (exact) mass is 228 g/mol. The first-order chi connectivity index (χ1) is 7.76. The molecule has 0 heterocycles. The summed E-state index contributed by atoms with van der Waals surface area (Å²) in [4.78, 5) is 11.5. The van der Waals surface area contributed by atoms with Gasteiger partial charge in [0, 0.05) is 0 Å². The Morgan fingerprint density at radius 1 is 1.00 bits per heavy atom. The lowest BCUT2D eigenvalue weighted by Crippen LogP contribution is -2.16. The molecule has 0 saturated heterocycles. The van der Waals surface area contributed by atoms with Gasteiger partial charge in [0.05, 0.1) is 12.5 Å². The molecule has 0 radical (unpaired) electrons. The summed E-state index contributed by atoms with van der Waals surface area (Å²) in [5.74, 6) is 0.129. The standard InChI is InChI=1S/C14H28O2/c1-4-7-8-9-10-11-12-13(5-2)14(15)16-6-3/h13H,4-12H2,1-3H3. The van der Waals surface area contributed by atoms with Crippen LogP contribution in [-0.4, -0.2) is 12.6 Å². The van der Waals surface area contributed by atoms with Crippen LogP contribution in [0, 0.1) is 5.92 Å². The first-order valence-corrected chi connectivity index (χ1v) is 6.92. The third-order valence-electron chi connectivity index (χ3n) is 3.02. The number of carbonyl (C=O) groups is 1. The molecule has 0 aromatic rings. The van der Waals surface area contributed by atoms with Crippen molar-refractivity contribution in [2.75, 3.05) is 6.61 Å². The molecule has 2 nitrogen and oxygen atoms in total. The second kappa shape index (κ2) is 11.0. The SMILES string of the molecule is CCCCCCCCC(CC)C(=O)OCC. The van der Waals surface area contributed by atoms with E-state index in [2.05, 4.69) is 13.8 Å². The highest BCUT2D eigenvalue weighted by Gasteiger charge is 2.16. The van der Waals surface area contributed by atoms with Gasteiger partial charge in [-0.2, -0.15) is 0 Å². The van der Waals surface area contributed by atoms with Crippen molar-refractivity contribution in [1.29, 1.82) is 0 Å². The molecule has 0 aromatic carbocycles. The van der Waals surface area contributed by atoms with Crippen molar-refractivity contribution in [3.8, 4) is 0 Å². The Balaban J connectivity index is 3.51. The number of esters is 1. The summed E-state index contributed by atoms with van der Waals surface area (Å²) in [7, 11) is 0. The van der Waals surface area contributed by atoms with E-state index < -0.39 is 0 Å². The molecule has 0 aliphatic rings. The van der Waals surface area contributed by atoms with E-state index in [0.29, 0.717) is 6.61 Å². The van der Waals surface area contributed by atoms with Crippen LogP contribution in [0.15, 0.2) is 0 Å². The molecule has 16 heavy (non-hydrogen) atoms. The van der Waals surface area contributed by atoms with Crippen molar-refractivity contribution in [3.63, 3.8) is 0 Å². The van der Waals surface area contributed by atoms with Gasteiger partial charge in [-0.1, -0.05) is 52.4 Å². The molecule has 0 aromatic heterocycles. The summed E-state index contributed by atoms with van der Waals surface area (Å²) >= 11 is 0. The van der Waals surface area contributed by atoms with Crippen LogP contribution in [0.1, 0.15) is 72.1 Å². The highest BCUT2D eigenvalue weighted by molar-refractivity contribution is 5.72. The van der Waals surface area contributed by atoms with Crippen LogP contribution < -0.4 is 0 Å². The molecule has 0 spiro atoms. The molecule has 0 rings (SSSR count). The van der Waals surface area contributed by atoms with Crippen LogP contribution in [0.25, 0.3) is 0 Å². The number of hydrogen-bond acceptors (Lipinski definition) is 2. The summed E-state index contributed by atoms with van der Waals surface area (Å²) < 4.78 is 5.05. The van der Waals surface area contributed by atoms with Crippen LogP contribution in [0.2, 0.25) is 0 Å². The minimum Gasteiger partial charge on any atom is -0.466 e. The number of unbranched alkanes of at least 4 members (excludes halogenated alkanes) is 5. The third-order valence-corrected chi connectivity index (χ3v) is 3.02. The molecule has 0 bridgehead atoms. The average Bonchev–Trinajstić information content (AvgIpc) is 2.28. The molecule has 0 amide bonds. The number of ether oxygens (including phenoxy) is 1. The van der Waals surface area contributed by atoms with Gasteiger partial charge in [-0.15, -0.1) is 0 Å². The highest BCUT2D eigenvalue weighted by atomic mass is 16.5. The van der Waals surface area contributed by atoms with Crippen LogP contribution in [0.5, 0.6) is 0 Å². The van der Waals surface area contributed by atoms with E-state index in [0.717, 1.165) is 12.8 Å². The summed E-state index contributed by atoms with van der Waals surface area (Å²) in [5, 5.41) is 0. The van der Waals surface area contributed by atoms with Gasteiger partial charge in [-0.3, -0.25) is 4.79 Å². The summed E-state index contributed by atoms with van der Waals surface area (Å²) in [5.41, 5.74) is 0. The zero-order valence-electron chi connectivity index (χ0n) is 11.3. The Kier molecular flexibility index (Phi) is 10.6. The topological polar surface area (TPSA) is 26.3 Å². The molecule has 0 fully saturated rings. The zero-order chi connectivity index (χ0) is 12.2. The lowest BCUT2D eigenvalue weighted by atomic mass is 9.98. The molecular weight excluding hydrogens is 200 g/mol. The van der Waals surface area contributed by atoms with Crippen LogP contribution in [0.3, 0.4) is 0 Å². The van der Waals surface area contributed by atoms with E-state index >= 15 is 0 Å². The fraction of sp³-hybridized carbons (Fsp3) is 0.929. The predicted octanol–water partition coefficient (Wildman–Crippen LogP) is 4.33. The molecule has 96 valence electrons. The van der Waals surface area contributed by atoms with E-state index in [-0.39, 0.29) is 11.9 Å². The average molecular weight is 228 g/mol. The van der Waals surface area contributed by atoms with Crippen LogP contribution in [0.4, 0.5) is 0 Å². The van der Waals surface area contributed by atoms with Gasteiger partial charge in [0.2, 0.25) is 0 Å². The van der Waals surface area contributed by atoms with Crippen molar-refractivity contribution in [2.45, 2.75) is 72.1 Å². The van der Waals surface area contributed by atoms with Gasteiger partial charge in [0.15, 0.2) is 0 Å². The third kappa shape index (κ3) is 7.72. The fourth-order valence-corrected chi connectivity index (χ4v) is 1.92. The maximum absolute atomic E-state index is 11.5. The van der Waals surface area contributed by atoms with Crippen LogP contribution in [-0.2, 0) is 9.53 Å². The Morgan fingerprint density at radius 3 is 2.19 bits per heavy atom. The van der Waals surface area contributed by atoms with Gasteiger partial charge < -0.3 is 4.74 Å².